The molecule has 0 aliphatic carbocycles. The van der Waals surface area contributed by atoms with Crippen LogP contribution in [0.3, 0.4) is 0 Å². The number of likely N-dealkylation sites (N-methyl/N-ethyl adjacent to an activating group) is 1. The number of hydrogen-bond donors (Lipinski definition) is 0. The predicted molar refractivity (Wildman–Crippen MR) is 82.6 cm³/mol. The summed E-state index contributed by atoms with van der Waals surface area (Å²) in [6, 6.07) is 13.0. The van der Waals surface area contributed by atoms with E-state index in [0.29, 0.717) is 11.5 Å². The Bertz CT molecular complexity index is 699. The SMILES string of the molecule is Cc1ccccc1OCC(=O)N(C)c1ccc2c(c1)OCO2. The van der Waals surface area contributed by atoms with Gasteiger partial charge in [-0.25, -0.2) is 0 Å². The van der Waals surface area contributed by atoms with Gasteiger partial charge in [0, 0.05) is 18.8 Å². The average molecular weight is 299 g/mol. The number of aryl methyl sites for hydroxylation is 1. The molecule has 0 atom stereocenters. The number of hydrogen-bond acceptors (Lipinski definition) is 4. The summed E-state index contributed by atoms with van der Waals surface area (Å²) in [5, 5.41) is 0. The van der Waals surface area contributed by atoms with Gasteiger partial charge in [0.1, 0.15) is 5.75 Å². The molecule has 1 aliphatic heterocycles. The van der Waals surface area contributed by atoms with Crippen LogP contribution in [0.5, 0.6) is 17.2 Å². The summed E-state index contributed by atoms with van der Waals surface area (Å²) in [6.45, 7) is 2.14. The quantitative estimate of drug-likeness (QED) is 0.871. The molecule has 0 bridgehead atoms. The van der Waals surface area contributed by atoms with Crippen LogP contribution in [-0.2, 0) is 4.79 Å². The van der Waals surface area contributed by atoms with Crippen LogP contribution in [0.1, 0.15) is 5.56 Å². The molecule has 0 unspecified atom stereocenters. The van der Waals surface area contributed by atoms with E-state index in [1.54, 1.807) is 24.1 Å². The lowest BCUT2D eigenvalue weighted by atomic mass is 10.2. The lowest BCUT2D eigenvalue weighted by Crippen LogP contribution is -2.31. The molecule has 22 heavy (non-hydrogen) atoms. The van der Waals surface area contributed by atoms with Gasteiger partial charge in [-0.15, -0.1) is 0 Å². The fourth-order valence-corrected chi connectivity index (χ4v) is 2.19. The number of ether oxygens (including phenoxy) is 3. The van der Waals surface area contributed by atoms with Crippen LogP contribution >= 0.6 is 0 Å². The highest BCUT2D eigenvalue weighted by atomic mass is 16.7. The molecule has 0 saturated carbocycles. The number of fused-ring (bicyclic) bond motifs is 1. The van der Waals surface area contributed by atoms with E-state index in [4.69, 9.17) is 14.2 Å². The van der Waals surface area contributed by atoms with E-state index in [1.165, 1.54) is 0 Å². The van der Waals surface area contributed by atoms with Crippen molar-refractivity contribution in [3.8, 4) is 17.2 Å². The largest absolute Gasteiger partial charge is 0.483 e. The molecular formula is C17H17NO4. The maximum atomic E-state index is 12.3. The minimum atomic E-state index is -0.137. The lowest BCUT2D eigenvalue weighted by Gasteiger charge is -2.18. The van der Waals surface area contributed by atoms with Crippen molar-refractivity contribution < 1.29 is 19.0 Å². The normalized spacial score (nSPS) is 12.1. The van der Waals surface area contributed by atoms with Gasteiger partial charge in [-0.3, -0.25) is 4.79 Å². The lowest BCUT2D eigenvalue weighted by molar-refractivity contribution is -0.120. The first-order valence-corrected chi connectivity index (χ1v) is 7.00. The topological polar surface area (TPSA) is 48.0 Å². The van der Waals surface area contributed by atoms with Crippen molar-refractivity contribution in [3.05, 3.63) is 48.0 Å². The smallest absolute Gasteiger partial charge is 0.264 e. The molecule has 5 heteroatoms. The number of amides is 1. The molecule has 1 amide bonds. The van der Waals surface area contributed by atoms with Crippen molar-refractivity contribution in [2.75, 3.05) is 25.3 Å². The zero-order valence-electron chi connectivity index (χ0n) is 12.5. The van der Waals surface area contributed by atoms with E-state index in [9.17, 15) is 4.79 Å². The molecule has 2 aromatic rings. The number of carbonyl (C=O) groups is 1. The van der Waals surface area contributed by atoms with Gasteiger partial charge in [0.05, 0.1) is 0 Å². The predicted octanol–water partition coefficient (Wildman–Crippen LogP) is 2.77. The summed E-state index contributed by atoms with van der Waals surface area (Å²) in [5.74, 6) is 1.93. The highest BCUT2D eigenvalue weighted by Gasteiger charge is 2.18. The molecule has 0 saturated heterocycles. The summed E-state index contributed by atoms with van der Waals surface area (Å²) >= 11 is 0. The van der Waals surface area contributed by atoms with Gasteiger partial charge in [-0.05, 0) is 30.7 Å². The number of carbonyl (C=O) groups excluding carboxylic acids is 1. The molecule has 0 aromatic heterocycles. The average Bonchev–Trinajstić information content (AvgIpc) is 3.00. The first kappa shape index (κ1) is 14.3. The Morgan fingerprint density at radius 3 is 2.77 bits per heavy atom. The Morgan fingerprint density at radius 1 is 1.18 bits per heavy atom. The third-order valence-corrected chi connectivity index (χ3v) is 3.56. The number of rotatable bonds is 4. The third-order valence-electron chi connectivity index (χ3n) is 3.56. The Labute approximate surface area is 129 Å². The van der Waals surface area contributed by atoms with Crippen molar-refractivity contribution in [3.63, 3.8) is 0 Å². The minimum Gasteiger partial charge on any atom is -0.483 e. The molecule has 1 aliphatic rings. The monoisotopic (exact) mass is 299 g/mol. The Morgan fingerprint density at radius 2 is 1.95 bits per heavy atom. The molecule has 2 aromatic carbocycles. The summed E-state index contributed by atoms with van der Waals surface area (Å²) in [5.41, 5.74) is 1.74. The highest BCUT2D eigenvalue weighted by Crippen LogP contribution is 2.35. The number of anilines is 1. The highest BCUT2D eigenvalue weighted by molar-refractivity contribution is 5.94. The van der Waals surface area contributed by atoms with E-state index in [-0.39, 0.29) is 19.3 Å². The third kappa shape index (κ3) is 2.83. The second-order valence-corrected chi connectivity index (χ2v) is 5.04. The van der Waals surface area contributed by atoms with Crippen LogP contribution in [0.15, 0.2) is 42.5 Å². The van der Waals surface area contributed by atoms with Gasteiger partial charge < -0.3 is 19.1 Å². The van der Waals surface area contributed by atoms with E-state index in [0.717, 1.165) is 17.0 Å². The van der Waals surface area contributed by atoms with Crippen molar-refractivity contribution in [1.82, 2.24) is 0 Å². The molecule has 0 radical (unpaired) electrons. The standard InChI is InChI=1S/C17H17NO4/c1-12-5-3-4-6-14(12)20-10-17(19)18(2)13-7-8-15-16(9-13)22-11-21-15/h3-9H,10-11H2,1-2H3. The van der Waals surface area contributed by atoms with Crippen molar-refractivity contribution in [1.29, 1.82) is 0 Å². The molecule has 114 valence electrons. The van der Waals surface area contributed by atoms with Gasteiger partial charge in [0.25, 0.3) is 5.91 Å². The first-order chi connectivity index (χ1) is 10.6. The van der Waals surface area contributed by atoms with Crippen LogP contribution in [0, 0.1) is 6.92 Å². The van der Waals surface area contributed by atoms with Crippen LogP contribution in [-0.4, -0.2) is 26.4 Å². The zero-order chi connectivity index (χ0) is 15.5. The Kier molecular flexibility index (Phi) is 3.87. The van der Waals surface area contributed by atoms with Crippen molar-refractivity contribution >= 4 is 11.6 Å². The molecule has 0 spiro atoms. The summed E-state index contributed by atoms with van der Waals surface area (Å²) < 4.78 is 16.2. The van der Waals surface area contributed by atoms with Crippen LogP contribution in [0.4, 0.5) is 5.69 Å². The first-order valence-electron chi connectivity index (χ1n) is 7.00. The second-order valence-electron chi connectivity index (χ2n) is 5.04. The van der Waals surface area contributed by atoms with Crippen LogP contribution < -0.4 is 19.1 Å². The molecule has 3 rings (SSSR count). The summed E-state index contributed by atoms with van der Waals surface area (Å²) in [4.78, 5) is 13.8. The maximum Gasteiger partial charge on any atom is 0.264 e. The Hall–Kier alpha value is -2.69. The fraction of sp³-hybridized carbons (Fsp3) is 0.235. The van der Waals surface area contributed by atoms with Gasteiger partial charge >= 0.3 is 0 Å². The van der Waals surface area contributed by atoms with E-state index >= 15 is 0 Å². The fourth-order valence-electron chi connectivity index (χ4n) is 2.19. The number of para-hydroxylation sites is 1. The van der Waals surface area contributed by atoms with E-state index in [1.807, 2.05) is 37.3 Å². The number of benzene rings is 2. The second kappa shape index (κ2) is 5.97. The molecule has 1 heterocycles. The van der Waals surface area contributed by atoms with E-state index < -0.39 is 0 Å². The summed E-state index contributed by atoms with van der Waals surface area (Å²) in [7, 11) is 1.71. The van der Waals surface area contributed by atoms with Gasteiger partial charge in [-0.1, -0.05) is 18.2 Å². The van der Waals surface area contributed by atoms with Crippen LogP contribution in [0.25, 0.3) is 0 Å². The molecule has 0 fully saturated rings. The minimum absolute atomic E-state index is 0.0181. The van der Waals surface area contributed by atoms with Crippen molar-refractivity contribution in [2.24, 2.45) is 0 Å². The molecular weight excluding hydrogens is 282 g/mol. The van der Waals surface area contributed by atoms with Crippen molar-refractivity contribution in [2.45, 2.75) is 6.92 Å². The zero-order valence-corrected chi connectivity index (χ0v) is 12.5. The van der Waals surface area contributed by atoms with Crippen LogP contribution in [0.2, 0.25) is 0 Å². The van der Waals surface area contributed by atoms with Gasteiger partial charge in [0.2, 0.25) is 6.79 Å². The maximum absolute atomic E-state index is 12.3. The molecule has 0 N–H and O–H groups in total. The Balaban J connectivity index is 1.66. The van der Waals surface area contributed by atoms with Gasteiger partial charge in [0.15, 0.2) is 18.1 Å². The molecule has 5 nitrogen and oxygen atoms in total. The van der Waals surface area contributed by atoms with E-state index in [2.05, 4.69) is 0 Å². The van der Waals surface area contributed by atoms with Gasteiger partial charge in [-0.2, -0.15) is 0 Å². The summed E-state index contributed by atoms with van der Waals surface area (Å²) in [6.07, 6.45) is 0. The number of nitrogens with zero attached hydrogens (tertiary/aromatic N) is 1.